The van der Waals surface area contributed by atoms with Gasteiger partial charge in [-0.15, -0.1) is 21.5 Å². The Hall–Kier alpha value is -2.26. The van der Waals surface area contributed by atoms with Gasteiger partial charge in [0.25, 0.3) is 10.0 Å². The molecule has 0 saturated carbocycles. The van der Waals surface area contributed by atoms with Crippen LogP contribution in [0.1, 0.15) is 9.75 Å². The van der Waals surface area contributed by atoms with Crippen LogP contribution in [0, 0.1) is 13.8 Å². The highest BCUT2D eigenvalue weighted by Gasteiger charge is 2.19. The molecule has 3 aromatic rings. The maximum Gasteiger partial charge on any atom is 0.262 e. The van der Waals surface area contributed by atoms with Crippen LogP contribution >= 0.6 is 11.3 Å². The van der Waals surface area contributed by atoms with Gasteiger partial charge in [0.05, 0.1) is 0 Å². The molecule has 0 radical (unpaired) electrons. The summed E-state index contributed by atoms with van der Waals surface area (Å²) in [6.45, 7) is 3.68. The molecule has 0 saturated heterocycles. The van der Waals surface area contributed by atoms with Gasteiger partial charge in [0, 0.05) is 21.0 Å². The summed E-state index contributed by atoms with van der Waals surface area (Å²) in [5.74, 6) is 0.457. The summed E-state index contributed by atoms with van der Waals surface area (Å²) in [5.41, 5.74) is 1.23. The zero-order chi connectivity index (χ0) is 15.7. The van der Waals surface area contributed by atoms with Gasteiger partial charge in [-0.05, 0) is 49.4 Å². The van der Waals surface area contributed by atoms with Crippen molar-refractivity contribution in [3.63, 3.8) is 0 Å². The van der Waals surface area contributed by atoms with E-state index in [0.717, 1.165) is 15.3 Å². The topological polar surface area (TPSA) is 101 Å². The first-order valence-corrected chi connectivity index (χ1v) is 8.69. The van der Waals surface area contributed by atoms with Crippen LogP contribution < -0.4 is 4.72 Å². The number of aryl methyl sites for hydroxylation is 2. The summed E-state index contributed by atoms with van der Waals surface area (Å²) in [4.78, 5) is 2.05. The number of anilines is 1. The first-order valence-electron chi connectivity index (χ1n) is 6.39. The molecule has 0 spiro atoms. The average Bonchev–Trinajstić information content (AvgIpc) is 3.09. The maximum absolute atomic E-state index is 12.4. The van der Waals surface area contributed by atoms with Crippen molar-refractivity contribution in [3.05, 3.63) is 40.1 Å². The Morgan fingerprint density at radius 3 is 2.45 bits per heavy atom. The van der Waals surface area contributed by atoms with Gasteiger partial charge in [-0.1, -0.05) is 0 Å². The Morgan fingerprint density at radius 1 is 1.18 bits per heavy atom. The number of nitrogens with one attached hydrogen (secondary N) is 2. The highest BCUT2D eigenvalue weighted by atomic mass is 32.2. The van der Waals surface area contributed by atoms with E-state index >= 15 is 0 Å². The van der Waals surface area contributed by atoms with Crippen LogP contribution in [0.5, 0.6) is 0 Å². The molecule has 2 heterocycles. The lowest BCUT2D eigenvalue weighted by Gasteiger charge is -2.07. The van der Waals surface area contributed by atoms with Crippen LogP contribution in [0.4, 0.5) is 5.69 Å². The first-order chi connectivity index (χ1) is 10.5. The summed E-state index contributed by atoms with van der Waals surface area (Å²) < 4.78 is 27.4. The summed E-state index contributed by atoms with van der Waals surface area (Å²) in [5, 5.41) is 13.6. The number of aromatic nitrogens is 4. The summed E-state index contributed by atoms with van der Waals surface area (Å²) in [6.07, 6.45) is 0. The van der Waals surface area contributed by atoms with E-state index < -0.39 is 10.0 Å². The van der Waals surface area contributed by atoms with Crippen LogP contribution in [-0.2, 0) is 10.0 Å². The summed E-state index contributed by atoms with van der Waals surface area (Å²) in [6, 6.07) is 8.47. The highest BCUT2D eigenvalue weighted by molar-refractivity contribution is 7.93. The number of sulfonamides is 1. The molecule has 0 unspecified atom stereocenters. The molecule has 2 N–H and O–H groups in total. The summed E-state index contributed by atoms with van der Waals surface area (Å²) in [7, 11) is -3.58. The molecule has 9 heteroatoms. The lowest BCUT2D eigenvalue weighted by atomic mass is 10.2. The second-order valence-electron chi connectivity index (χ2n) is 4.70. The van der Waals surface area contributed by atoms with Gasteiger partial charge < -0.3 is 0 Å². The van der Waals surface area contributed by atoms with Gasteiger partial charge in [0.15, 0.2) is 0 Å². The van der Waals surface area contributed by atoms with E-state index in [4.69, 9.17) is 0 Å². The molecule has 0 aliphatic rings. The van der Waals surface area contributed by atoms with Crippen molar-refractivity contribution >= 4 is 27.0 Å². The van der Waals surface area contributed by atoms with Crippen LogP contribution in [0.15, 0.2) is 35.2 Å². The monoisotopic (exact) mass is 335 g/mol. The third-order valence-corrected chi connectivity index (χ3v) is 5.63. The van der Waals surface area contributed by atoms with Gasteiger partial charge in [0.2, 0.25) is 5.82 Å². The number of thiophene rings is 1. The Balaban J connectivity index is 1.85. The molecule has 7 nitrogen and oxygen atoms in total. The first kappa shape index (κ1) is 14.7. The molecule has 0 fully saturated rings. The molecule has 0 aliphatic heterocycles. The van der Waals surface area contributed by atoms with Crippen molar-refractivity contribution in [2.24, 2.45) is 0 Å². The third kappa shape index (κ3) is 2.85. The quantitative estimate of drug-likeness (QED) is 0.762. The van der Waals surface area contributed by atoms with Crippen molar-refractivity contribution in [1.82, 2.24) is 20.6 Å². The number of hydrogen-bond acceptors (Lipinski definition) is 6. The van der Waals surface area contributed by atoms with Gasteiger partial charge >= 0.3 is 0 Å². The maximum atomic E-state index is 12.4. The fourth-order valence-corrected chi connectivity index (χ4v) is 4.67. The van der Waals surface area contributed by atoms with Crippen molar-refractivity contribution < 1.29 is 8.42 Å². The predicted octanol–water partition coefficient (Wildman–Crippen LogP) is 2.35. The molecular weight excluding hydrogens is 322 g/mol. The fourth-order valence-electron chi connectivity index (χ4n) is 2.06. The number of H-pyrrole nitrogens is 1. The molecule has 0 atom stereocenters. The Kier molecular flexibility index (Phi) is 3.67. The van der Waals surface area contributed by atoms with Crippen molar-refractivity contribution in [1.29, 1.82) is 0 Å². The zero-order valence-corrected chi connectivity index (χ0v) is 13.5. The molecule has 2 aromatic heterocycles. The second kappa shape index (κ2) is 5.50. The molecular formula is C13H13N5O2S2. The number of hydrogen-bond donors (Lipinski definition) is 2. The standard InChI is InChI=1S/C13H13N5O2S2/c1-8-7-12(9(2)21-8)22(19,20)16-11-5-3-10(4-6-11)13-14-17-18-15-13/h3-7,16H,1-2H3,(H,14,15,17,18). The van der Waals surface area contributed by atoms with Crippen LogP contribution in [-0.4, -0.2) is 29.0 Å². The molecule has 22 heavy (non-hydrogen) atoms. The second-order valence-corrected chi connectivity index (χ2v) is 7.81. The molecule has 114 valence electrons. The number of nitrogens with zero attached hydrogens (tertiary/aromatic N) is 3. The minimum atomic E-state index is -3.58. The normalized spacial score (nSPS) is 11.5. The third-order valence-electron chi connectivity index (χ3n) is 3.03. The van der Waals surface area contributed by atoms with Gasteiger partial charge in [-0.2, -0.15) is 5.21 Å². The molecule has 0 amide bonds. The van der Waals surface area contributed by atoms with Crippen LogP contribution in [0.3, 0.4) is 0 Å². The molecule has 1 aromatic carbocycles. The smallest absolute Gasteiger partial charge is 0.262 e. The Morgan fingerprint density at radius 2 is 1.91 bits per heavy atom. The van der Waals surface area contributed by atoms with E-state index in [0.29, 0.717) is 16.4 Å². The molecule has 0 aliphatic carbocycles. The van der Waals surface area contributed by atoms with Crippen LogP contribution in [0.2, 0.25) is 0 Å². The SMILES string of the molecule is Cc1cc(S(=O)(=O)Nc2ccc(-c3nn[nH]n3)cc2)c(C)s1. The number of tetrazole rings is 1. The van der Waals surface area contributed by atoms with E-state index in [9.17, 15) is 8.42 Å². The van der Waals surface area contributed by atoms with E-state index in [-0.39, 0.29) is 0 Å². The van der Waals surface area contributed by atoms with E-state index in [1.165, 1.54) is 11.3 Å². The van der Waals surface area contributed by atoms with E-state index in [1.54, 1.807) is 37.3 Å². The highest BCUT2D eigenvalue weighted by Crippen LogP contribution is 2.27. The van der Waals surface area contributed by atoms with E-state index in [2.05, 4.69) is 25.3 Å². The van der Waals surface area contributed by atoms with Gasteiger partial charge in [-0.25, -0.2) is 8.42 Å². The predicted molar refractivity (Wildman–Crippen MR) is 84.2 cm³/mol. The van der Waals surface area contributed by atoms with Crippen molar-refractivity contribution in [3.8, 4) is 11.4 Å². The number of benzene rings is 1. The van der Waals surface area contributed by atoms with E-state index in [1.807, 2.05) is 6.92 Å². The lowest BCUT2D eigenvalue weighted by molar-refractivity contribution is 0.601. The summed E-state index contributed by atoms with van der Waals surface area (Å²) >= 11 is 1.46. The fraction of sp³-hybridized carbons (Fsp3) is 0.154. The van der Waals surface area contributed by atoms with Crippen molar-refractivity contribution in [2.75, 3.05) is 4.72 Å². The molecule has 0 bridgehead atoms. The van der Waals surface area contributed by atoms with Crippen LogP contribution in [0.25, 0.3) is 11.4 Å². The Bertz CT molecular complexity index is 883. The number of aromatic amines is 1. The molecule has 3 rings (SSSR count). The lowest BCUT2D eigenvalue weighted by Crippen LogP contribution is -2.13. The number of rotatable bonds is 4. The zero-order valence-electron chi connectivity index (χ0n) is 11.9. The average molecular weight is 335 g/mol. The minimum Gasteiger partial charge on any atom is -0.280 e. The largest absolute Gasteiger partial charge is 0.280 e. The van der Waals surface area contributed by atoms with Gasteiger partial charge in [0.1, 0.15) is 4.90 Å². The Labute approximate surface area is 131 Å². The van der Waals surface area contributed by atoms with Gasteiger partial charge in [-0.3, -0.25) is 4.72 Å². The van der Waals surface area contributed by atoms with Crippen molar-refractivity contribution in [2.45, 2.75) is 18.7 Å². The minimum absolute atomic E-state index is 0.317.